The number of rotatable bonds is 2. The number of fused-ring (bicyclic) bond motifs is 1. The molecule has 0 amide bonds. The van der Waals surface area contributed by atoms with Crippen molar-refractivity contribution in [2.24, 2.45) is 5.73 Å². The van der Waals surface area contributed by atoms with Crippen LogP contribution in [0.5, 0.6) is 0 Å². The highest BCUT2D eigenvalue weighted by Crippen LogP contribution is 2.26. The van der Waals surface area contributed by atoms with Crippen LogP contribution in [0.3, 0.4) is 0 Å². The quantitative estimate of drug-likeness (QED) is 0.909. The van der Waals surface area contributed by atoms with E-state index in [-0.39, 0.29) is 6.04 Å². The lowest BCUT2D eigenvalue weighted by Crippen LogP contribution is -2.22. The van der Waals surface area contributed by atoms with E-state index >= 15 is 0 Å². The molecule has 4 heteroatoms. The van der Waals surface area contributed by atoms with Gasteiger partial charge in [-0.2, -0.15) is 5.10 Å². The molecule has 0 bridgehead atoms. The van der Waals surface area contributed by atoms with E-state index in [1.807, 2.05) is 30.7 Å². The average Bonchev–Trinajstić information content (AvgIpc) is 2.44. The first kappa shape index (κ1) is 10.6. The summed E-state index contributed by atoms with van der Waals surface area (Å²) in [7, 11) is 0. The minimum absolute atomic E-state index is 0.111. The molecule has 0 spiro atoms. The van der Waals surface area contributed by atoms with Crippen LogP contribution in [0.2, 0.25) is 0 Å². The number of nitrogens with two attached hydrogens (primary N) is 1. The number of para-hydroxylation sites is 1. The van der Waals surface area contributed by atoms with E-state index in [2.05, 4.69) is 27.1 Å². The number of benzene rings is 1. The number of hydrogen-bond donors (Lipinski definition) is 1. The number of aromatic nitrogens is 2. The second-order valence-electron chi connectivity index (χ2n) is 3.88. The minimum Gasteiger partial charge on any atom is -0.326 e. The third-order valence-corrected chi connectivity index (χ3v) is 3.01. The van der Waals surface area contributed by atoms with Crippen molar-refractivity contribution in [3.63, 3.8) is 0 Å². The van der Waals surface area contributed by atoms with Gasteiger partial charge in [-0.05, 0) is 35.8 Å². The molecule has 1 aromatic carbocycles. The van der Waals surface area contributed by atoms with E-state index in [4.69, 9.17) is 5.73 Å². The molecule has 1 atom stereocenters. The van der Waals surface area contributed by atoms with Crippen LogP contribution in [0.25, 0.3) is 10.9 Å². The first-order chi connectivity index (χ1) is 7.09. The Hall–Kier alpha value is -0.870. The second kappa shape index (κ2) is 3.94. The van der Waals surface area contributed by atoms with Crippen LogP contribution in [0, 0.1) is 6.92 Å². The van der Waals surface area contributed by atoms with Crippen molar-refractivity contribution in [2.45, 2.75) is 26.4 Å². The van der Waals surface area contributed by atoms with Gasteiger partial charge in [-0.1, -0.05) is 12.1 Å². The standard InChI is InChI=1S/C11H14BrN3/c1-7(13)6-15-11-9(8(2)14-15)4-3-5-10(11)12/h3-5,7H,6,13H2,1-2H3. The van der Waals surface area contributed by atoms with Crippen LogP contribution in [-0.2, 0) is 6.54 Å². The van der Waals surface area contributed by atoms with Crippen LogP contribution in [0.4, 0.5) is 0 Å². The van der Waals surface area contributed by atoms with E-state index in [9.17, 15) is 0 Å². The van der Waals surface area contributed by atoms with Crippen LogP contribution < -0.4 is 5.73 Å². The van der Waals surface area contributed by atoms with Crippen molar-refractivity contribution >= 4 is 26.8 Å². The largest absolute Gasteiger partial charge is 0.326 e. The smallest absolute Gasteiger partial charge is 0.0827 e. The molecule has 1 aromatic heterocycles. The normalized spacial score (nSPS) is 13.3. The zero-order valence-electron chi connectivity index (χ0n) is 8.87. The highest BCUT2D eigenvalue weighted by molar-refractivity contribution is 9.10. The summed E-state index contributed by atoms with van der Waals surface area (Å²) in [5.41, 5.74) is 7.98. The predicted molar refractivity (Wildman–Crippen MR) is 65.8 cm³/mol. The van der Waals surface area contributed by atoms with Crippen LogP contribution in [0.1, 0.15) is 12.6 Å². The van der Waals surface area contributed by atoms with E-state index in [0.717, 1.165) is 22.2 Å². The SMILES string of the molecule is Cc1nn(CC(C)N)c2c(Br)cccc12. The lowest BCUT2D eigenvalue weighted by molar-refractivity contribution is 0.549. The summed E-state index contributed by atoms with van der Waals surface area (Å²) in [4.78, 5) is 0. The molecule has 2 rings (SSSR count). The summed E-state index contributed by atoms with van der Waals surface area (Å²) < 4.78 is 3.04. The monoisotopic (exact) mass is 267 g/mol. The second-order valence-corrected chi connectivity index (χ2v) is 4.74. The Morgan fingerprint density at radius 2 is 2.27 bits per heavy atom. The third kappa shape index (κ3) is 1.92. The van der Waals surface area contributed by atoms with Crippen LogP contribution in [0.15, 0.2) is 22.7 Å². The molecule has 0 aliphatic carbocycles. The van der Waals surface area contributed by atoms with E-state index in [0.29, 0.717) is 0 Å². The number of halogens is 1. The van der Waals surface area contributed by atoms with Crippen molar-refractivity contribution in [2.75, 3.05) is 0 Å². The van der Waals surface area contributed by atoms with Crippen LogP contribution in [-0.4, -0.2) is 15.8 Å². The van der Waals surface area contributed by atoms with Gasteiger partial charge in [0.05, 0.1) is 17.8 Å². The van der Waals surface area contributed by atoms with E-state index in [1.165, 1.54) is 5.39 Å². The summed E-state index contributed by atoms with van der Waals surface area (Å²) in [6, 6.07) is 6.25. The van der Waals surface area contributed by atoms with Gasteiger partial charge in [-0.3, -0.25) is 4.68 Å². The fourth-order valence-electron chi connectivity index (χ4n) is 1.76. The molecule has 0 aliphatic heterocycles. The van der Waals surface area contributed by atoms with Gasteiger partial charge in [0, 0.05) is 15.9 Å². The Balaban J connectivity index is 2.65. The van der Waals surface area contributed by atoms with Crippen molar-refractivity contribution in [3.8, 4) is 0 Å². The van der Waals surface area contributed by atoms with Gasteiger partial charge >= 0.3 is 0 Å². The maximum atomic E-state index is 5.80. The molecule has 2 N–H and O–H groups in total. The Kier molecular flexibility index (Phi) is 2.80. The Morgan fingerprint density at radius 1 is 1.53 bits per heavy atom. The molecule has 1 heterocycles. The third-order valence-electron chi connectivity index (χ3n) is 2.37. The zero-order valence-corrected chi connectivity index (χ0v) is 10.5. The number of aryl methyl sites for hydroxylation is 1. The highest BCUT2D eigenvalue weighted by atomic mass is 79.9. The van der Waals surface area contributed by atoms with Crippen LogP contribution >= 0.6 is 15.9 Å². The highest BCUT2D eigenvalue weighted by Gasteiger charge is 2.10. The van der Waals surface area contributed by atoms with Gasteiger partial charge in [0.25, 0.3) is 0 Å². The molecule has 0 radical (unpaired) electrons. The number of hydrogen-bond acceptors (Lipinski definition) is 2. The Labute approximate surface area is 97.4 Å². The van der Waals surface area contributed by atoms with Gasteiger partial charge < -0.3 is 5.73 Å². The van der Waals surface area contributed by atoms with Crippen molar-refractivity contribution in [3.05, 3.63) is 28.4 Å². The molecule has 0 fully saturated rings. The molecular formula is C11H14BrN3. The molecule has 15 heavy (non-hydrogen) atoms. The fraction of sp³-hybridized carbons (Fsp3) is 0.364. The van der Waals surface area contributed by atoms with Gasteiger partial charge in [-0.15, -0.1) is 0 Å². The molecule has 1 unspecified atom stereocenters. The van der Waals surface area contributed by atoms with E-state index in [1.54, 1.807) is 0 Å². The lowest BCUT2D eigenvalue weighted by atomic mass is 10.2. The summed E-state index contributed by atoms with van der Waals surface area (Å²) in [6.07, 6.45) is 0. The molecule has 0 aliphatic rings. The van der Waals surface area contributed by atoms with Gasteiger partial charge in [0.1, 0.15) is 0 Å². The van der Waals surface area contributed by atoms with Crippen molar-refractivity contribution in [1.29, 1.82) is 0 Å². The summed E-state index contributed by atoms with van der Waals surface area (Å²) >= 11 is 3.55. The average molecular weight is 268 g/mol. The topological polar surface area (TPSA) is 43.8 Å². The summed E-state index contributed by atoms with van der Waals surface area (Å²) in [6.45, 7) is 4.75. The molecule has 0 saturated heterocycles. The summed E-state index contributed by atoms with van der Waals surface area (Å²) in [5, 5.41) is 5.68. The first-order valence-corrected chi connectivity index (χ1v) is 5.76. The van der Waals surface area contributed by atoms with Crippen molar-refractivity contribution < 1.29 is 0 Å². The minimum atomic E-state index is 0.111. The molecule has 0 saturated carbocycles. The van der Waals surface area contributed by atoms with Gasteiger partial charge in [0.15, 0.2) is 0 Å². The Morgan fingerprint density at radius 3 is 2.93 bits per heavy atom. The molecule has 80 valence electrons. The number of nitrogens with zero attached hydrogens (tertiary/aromatic N) is 2. The van der Waals surface area contributed by atoms with Crippen molar-refractivity contribution in [1.82, 2.24) is 9.78 Å². The van der Waals surface area contributed by atoms with E-state index < -0.39 is 0 Å². The molecule has 3 nitrogen and oxygen atoms in total. The predicted octanol–water partition coefficient (Wildman–Crippen LogP) is 2.45. The molecular weight excluding hydrogens is 254 g/mol. The summed E-state index contributed by atoms with van der Waals surface area (Å²) in [5.74, 6) is 0. The first-order valence-electron chi connectivity index (χ1n) is 4.97. The maximum Gasteiger partial charge on any atom is 0.0827 e. The Bertz CT molecular complexity index is 488. The maximum absolute atomic E-state index is 5.80. The zero-order chi connectivity index (χ0) is 11.0. The molecule has 2 aromatic rings. The fourth-order valence-corrected chi connectivity index (χ4v) is 2.33. The van der Waals surface area contributed by atoms with Gasteiger partial charge in [-0.25, -0.2) is 0 Å². The lowest BCUT2D eigenvalue weighted by Gasteiger charge is -2.07. The van der Waals surface area contributed by atoms with Gasteiger partial charge in [0.2, 0.25) is 0 Å².